The van der Waals surface area contributed by atoms with Crippen LogP contribution in [0.2, 0.25) is 91.2 Å². The molecule has 1 N–H and O–H groups in total. The van der Waals surface area contributed by atoms with E-state index in [4.69, 9.17) is 25.3 Å². The summed E-state index contributed by atoms with van der Waals surface area (Å²) in [6.45, 7) is 30.2. The average Bonchev–Trinajstić information content (AvgIpc) is 2.33. The maximum Gasteiger partial charge on any atom is 0.474 e. The number of hydrogen-bond acceptors (Lipinski definition) is 7. The van der Waals surface area contributed by atoms with Gasteiger partial charge in [0.2, 0.25) is 0 Å². The van der Waals surface area contributed by atoms with Gasteiger partial charge in [-0.2, -0.15) is 0 Å². The van der Waals surface area contributed by atoms with Crippen LogP contribution < -0.4 is 0 Å². The Balaban J connectivity index is 6.04. The van der Waals surface area contributed by atoms with Gasteiger partial charge in [0.15, 0.2) is 25.0 Å². The lowest BCUT2D eigenvalue weighted by Crippen LogP contribution is -2.64. The van der Waals surface area contributed by atoms with Crippen LogP contribution in [0.4, 0.5) is 0 Å². The van der Waals surface area contributed by atoms with Crippen molar-refractivity contribution >= 4 is 50.9 Å². The van der Waals surface area contributed by atoms with E-state index in [1.165, 1.54) is 0 Å². The number of rotatable bonds is 15. The van der Waals surface area contributed by atoms with E-state index in [0.717, 1.165) is 0 Å². The zero-order valence-electron chi connectivity index (χ0n) is 22.6. The van der Waals surface area contributed by atoms with Crippen molar-refractivity contribution < 1.29 is 30.4 Å². The van der Waals surface area contributed by atoms with Gasteiger partial charge < -0.3 is 30.4 Å². The largest absolute Gasteiger partial charge is 0.474 e. The van der Waals surface area contributed by atoms with Gasteiger partial charge in [0.1, 0.15) is 0 Å². The minimum atomic E-state index is -3.20. The molecular weight excluding hydrogens is 497 g/mol. The van der Waals surface area contributed by atoms with E-state index >= 15 is 0 Å². The van der Waals surface area contributed by atoms with E-state index in [-0.39, 0.29) is 6.61 Å². The van der Waals surface area contributed by atoms with Crippen LogP contribution in [0.15, 0.2) is 0 Å². The molecule has 0 rings (SSSR count). The van der Waals surface area contributed by atoms with Crippen molar-refractivity contribution in [3.8, 4) is 0 Å². The molecule has 13 heteroatoms. The van der Waals surface area contributed by atoms with Gasteiger partial charge in [-0.15, -0.1) is 0 Å². The van der Waals surface area contributed by atoms with E-state index in [2.05, 4.69) is 85.1 Å². The van der Waals surface area contributed by atoms with Crippen molar-refractivity contribution in [1.29, 1.82) is 0 Å². The Morgan fingerprint density at radius 2 is 0.935 bits per heavy atom. The highest BCUT2D eigenvalue weighted by Crippen LogP contribution is 2.31. The predicted octanol–water partition coefficient (Wildman–Crippen LogP) is 5.31. The molecule has 31 heavy (non-hydrogen) atoms. The normalized spacial score (nSPS) is 16.0. The van der Waals surface area contributed by atoms with Crippen molar-refractivity contribution in [1.82, 2.24) is 0 Å². The minimum Gasteiger partial charge on any atom is -0.437 e. The van der Waals surface area contributed by atoms with Crippen LogP contribution in [0.1, 0.15) is 6.92 Å². The molecule has 0 aromatic heterocycles. The maximum absolute atomic E-state index is 9.58. The highest BCUT2D eigenvalue weighted by molar-refractivity contribution is 6.92. The van der Waals surface area contributed by atoms with Crippen LogP contribution >= 0.6 is 0 Å². The Bertz CT molecular complexity index is 509. The summed E-state index contributed by atoms with van der Waals surface area (Å²) in [5.41, 5.74) is 0. The SMILES string of the molecule is CC(O)COCC[Si](O[Si](C)(C)C)(O[Si](C)(C)O[Si](C)(C)C)O[Si](C)(C)O[Si](C)(C)C. The molecule has 0 aliphatic heterocycles. The number of aliphatic hydroxyl groups excluding tert-OH is 1. The van der Waals surface area contributed by atoms with Crippen molar-refractivity contribution in [2.45, 2.75) is 104 Å². The molecule has 7 nitrogen and oxygen atoms in total. The summed E-state index contributed by atoms with van der Waals surface area (Å²) in [6.07, 6.45) is -0.516. The molecule has 0 aromatic carbocycles. The zero-order valence-corrected chi connectivity index (χ0v) is 28.6. The van der Waals surface area contributed by atoms with Crippen LogP contribution in [0.25, 0.3) is 0 Å². The highest BCUT2D eigenvalue weighted by Gasteiger charge is 2.54. The average molecular weight is 547 g/mol. The first-order valence-electron chi connectivity index (χ1n) is 11.2. The first-order chi connectivity index (χ1) is 13.5. The number of hydrogen-bond donors (Lipinski definition) is 1. The molecule has 0 fully saturated rings. The van der Waals surface area contributed by atoms with Crippen LogP contribution in [0, 0.1) is 0 Å². The van der Waals surface area contributed by atoms with Crippen molar-refractivity contribution in [3.05, 3.63) is 0 Å². The predicted molar refractivity (Wildman–Crippen MR) is 143 cm³/mol. The number of aliphatic hydroxyl groups is 1. The van der Waals surface area contributed by atoms with Crippen LogP contribution in [-0.4, -0.2) is 75.3 Å². The van der Waals surface area contributed by atoms with E-state index < -0.39 is 57.0 Å². The Hall–Kier alpha value is 1.02. The van der Waals surface area contributed by atoms with Gasteiger partial charge in [-0.3, -0.25) is 0 Å². The van der Waals surface area contributed by atoms with Gasteiger partial charge in [-0.05, 0) is 92.0 Å². The molecule has 1 unspecified atom stereocenters. The second-order valence-electron chi connectivity index (χ2n) is 12.0. The highest BCUT2D eigenvalue weighted by atomic mass is 28.5. The lowest BCUT2D eigenvalue weighted by atomic mass is 10.4. The summed E-state index contributed by atoms with van der Waals surface area (Å²) in [5.74, 6) is 0. The Morgan fingerprint density at radius 3 is 1.23 bits per heavy atom. The summed E-state index contributed by atoms with van der Waals surface area (Å²) in [6, 6.07) is 0.515. The molecule has 0 radical (unpaired) electrons. The Morgan fingerprint density at radius 1 is 0.581 bits per heavy atom. The topological polar surface area (TPSA) is 75.6 Å². The summed E-state index contributed by atoms with van der Waals surface area (Å²) >= 11 is 0. The van der Waals surface area contributed by atoms with E-state index in [0.29, 0.717) is 12.7 Å². The molecule has 188 valence electrons. The van der Waals surface area contributed by atoms with Gasteiger partial charge in [-0.25, -0.2) is 0 Å². The second kappa shape index (κ2) is 11.6. The standard InChI is InChI=1S/C18H50O7Si6/c1-18(19)17-20-15-16-31(23-28(8,9)10,24-29(11,12)21-26(2,3)4)25-30(13,14)22-27(5,6)7/h18-19H,15-17H2,1-14H3. The van der Waals surface area contributed by atoms with Crippen molar-refractivity contribution in [2.75, 3.05) is 13.2 Å². The summed E-state index contributed by atoms with van der Waals surface area (Å²) in [5, 5.41) is 9.58. The molecule has 1 atom stereocenters. The maximum atomic E-state index is 9.58. The molecule has 0 saturated carbocycles. The quantitative estimate of drug-likeness (QED) is 0.220. The van der Waals surface area contributed by atoms with Crippen molar-refractivity contribution in [2.24, 2.45) is 0 Å². The third kappa shape index (κ3) is 17.2. The van der Waals surface area contributed by atoms with Gasteiger partial charge in [0.25, 0.3) is 0 Å². The molecule has 0 aromatic rings. The summed E-state index contributed by atoms with van der Waals surface area (Å²) < 4.78 is 39.2. The van der Waals surface area contributed by atoms with Crippen LogP contribution in [-0.2, 0) is 25.3 Å². The Labute approximate surface area is 198 Å². The molecule has 0 amide bonds. The number of ether oxygens (including phenoxy) is 1. The molecule has 0 saturated heterocycles. The molecular formula is C18H50O7Si6. The smallest absolute Gasteiger partial charge is 0.437 e. The fourth-order valence-electron chi connectivity index (χ4n) is 3.40. The first kappa shape index (κ1) is 32.0. The van der Waals surface area contributed by atoms with Crippen molar-refractivity contribution in [3.63, 3.8) is 0 Å². The summed E-state index contributed by atoms with van der Waals surface area (Å²) in [4.78, 5) is 0. The lowest BCUT2D eigenvalue weighted by molar-refractivity contribution is 0.0478. The monoisotopic (exact) mass is 546 g/mol. The van der Waals surface area contributed by atoms with Gasteiger partial charge >= 0.3 is 25.9 Å². The van der Waals surface area contributed by atoms with E-state index in [1.807, 2.05) is 0 Å². The minimum absolute atomic E-state index is 0.274. The van der Waals surface area contributed by atoms with Crippen LogP contribution in [0.3, 0.4) is 0 Å². The van der Waals surface area contributed by atoms with E-state index in [1.54, 1.807) is 6.92 Å². The van der Waals surface area contributed by atoms with Gasteiger partial charge in [0.05, 0.1) is 19.3 Å². The van der Waals surface area contributed by atoms with Gasteiger partial charge in [0, 0.05) is 6.04 Å². The molecule has 0 heterocycles. The first-order valence-corrected chi connectivity index (χ1v) is 29.0. The zero-order chi connectivity index (χ0) is 24.9. The van der Waals surface area contributed by atoms with Crippen LogP contribution in [0.5, 0.6) is 0 Å². The fourth-order valence-corrected chi connectivity index (χ4v) is 29.2. The molecule has 0 spiro atoms. The van der Waals surface area contributed by atoms with E-state index in [9.17, 15) is 5.11 Å². The fraction of sp³-hybridized carbons (Fsp3) is 1.00. The van der Waals surface area contributed by atoms with Gasteiger partial charge in [-0.1, -0.05) is 0 Å². The molecule has 0 aliphatic rings. The second-order valence-corrected chi connectivity index (χ2v) is 36.2. The third-order valence-corrected chi connectivity index (χ3v) is 23.0. The summed E-state index contributed by atoms with van der Waals surface area (Å²) in [7, 11) is -14.0. The third-order valence-electron chi connectivity index (χ3n) is 3.28. The lowest BCUT2D eigenvalue weighted by Gasteiger charge is -2.45. The molecule has 0 aliphatic carbocycles. The Kier molecular flexibility index (Phi) is 12.0. The molecule has 0 bridgehead atoms.